The number of rotatable bonds is 10. The van der Waals surface area contributed by atoms with E-state index in [0.29, 0.717) is 18.8 Å². The number of nitrogens with zero attached hydrogens (tertiary/aromatic N) is 4. The zero-order valence-electron chi connectivity index (χ0n) is 15.6. The lowest BCUT2D eigenvalue weighted by atomic mass is 10.2. The number of nitrogens with one attached hydrogen (secondary N) is 1. The summed E-state index contributed by atoms with van der Waals surface area (Å²) in [6.45, 7) is 3.01. The number of carboxylic acids is 1. The van der Waals surface area contributed by atoms with Gasteiger partial charge in [0.1, 0.15) is 0 Å². The Kier molecular flexibility index (Phi) is 7.13. The van der Waals surface area contributed by atoms with Gasteiger partial charge in [-0.15, -0.1) is 0 Å². The molecule has 12 heteroatoms. The molecule has 0 saturated carbocycles. The fraction of sp³-hybridized carbons (Fsp3) is 0.412. The van der Waals surface area contributed by atoms with Gasteiger partial charge < -0.3 is 20.1 Å². The van der Waals surface area contributed by atoms with Crippen LogP contribution in [0.4, 0.5) is 35.1 Å². The molecule has 0 bridgehead atoms. The van der Waals surface area contributed by atoms with Crippen molar-refractivity contribution in [2.45, 2.75) is 26.2 Å². The van der Waals surface area contributed by atoms with E-state index in [0.717, 1.165) is 0 Å². The van der Waals surface area contributed by atoms with Crippen molar-refractivity contribution < 1.29 is 32.2 Å². The molecule has 2 N–H and O–H groups in total. The number of anilines is 3. The molecule has 1 aromatic heterocycles. The van der Waals surface area contributed by atoms with Crippen LogP contribution < -0.4 is 15.0 Å². The SMILES string of the molecule is CCN(CC)c1nc(Nc2ccc(C(=O)O)cc2)nc(OCC(F)(F)C(F)F)n1. The highest BCUT2D eigenvalue weighted by Crippen LogP contribution is 2.25. The number of hydrogen-bond donors (Lipinski definition) is 2. The molecule has 0 amide bonds. The zero-order chi connectivity index (χ0) is 21.6. The highest BCUT2D eigenvalue weighted by molar-refractivity contribution is 5.88. The Morgan fingerprint density at radius 1 is 1.17 bits per heavy atom. The van der Waals surface area contributed by atoms with Crippen molar-refractivity contribution in [2.75, 3.05) is 29.9 Å². The minimum absolute atomic E-state index is 0.0632. The summed E-state index contributed by atoms with van der Waals surface area (Å²) in [7, 11) is 0. The van der Waals surface area contributed by atoms with Crippen molar-refractivity contribution in [1.82, 2.24) is 15.0 Å². The third kappa shape index (κ3) is 5.90. The van der Waals surface area contributed by atoms with E-state index in [1.54, 1.807) is 4.90 Å². The number of halogens is 4. The summed E-state index contributed by atoms with van der Waals surface area (Å²) in [4.78, 5) is 24.5. The predicted octanol–water partition coefficient (Wildman–Crippen LogP) is 3.44. The summed E-state index contributed by atoms with van der Waals surface area (Å²) in [5, 5.41) is 11.7. The molecule has 0 aliphatic heterocycles. The van der Waals surface area contributed by atoms with E-state index >= 15 is 0 Å². The Bertz CT molecular complexity index is 832. The van der Waals surface area contributed by atoms with Gasteiger partial charge in [0.15, 0.2) is 6.61 Å². The number of ether oxygens (including phenoxy) is 1. The summed E-state index contributed by atoms with van der Waals surface area (Å²) in [5.41, 5.74) is 0.476. The van der Waals surface area contributed by atoms with Gasteiger partial charge in [0.2, 0.25) is 11.9 Å². The molecule has 2 aromatic rings. The minimum Gasteiger partial charge on any atom is -0.478 e. The van der Waals surface area contributed by atoms with Crippen molar-refractivity contribution in [2.24, 2.45) is 0 Å². The number of hydrogen-bond acceptors (Lipinski definition) is 7. The molecule has 0 radical (unpaired) electrons. The molecule has 0 aliphatic carbocycles. The molecular weight excluding hydrogens is 398 g/mol. The fourth-order valence-corrected chi connectivity index (χ4v) is 2.16. The molecule has 0 fully saturated rings. The minimum atomic E-state index is -4.36. The third-order valence-corrected chi connectivity index (χ3v) is 3.75. The molecule has 0 spiro atoms. The largest absolute Gasteiger partial charge is 0.478 e. The number of carboxylic acid groups (broad SMARTS) is 1. The summed E-state index contributed by atoms with van der Waals surface area (Å²) in [6, 6.07) is 5.05. The zero-order valence-corrected chi connectivity index (χ0v) is 15.6. The van der Waals surface area contributed by atoms with Crippen LogP contribution in [0.2, 0.25) is 0 Å². The number of aromatic nitrogens is 3. The standard InChI is InChI=1S/C17H19F4N5O3/c1-3-26(4-2)15-23-14(22-11-7-5-10(6-8-11)12(27)28)24-16(25-15)29-9-17(20,21)13(18)19/h5-8,13H,3-4,9H2,1-2H3,(H,27,28)(H,22,23,24,25). The van der Waals surface area contributed by atoms with Crippen LogP contribution in [0.5, 0.6) is 6.01 Å². The van der Waals surface area contributed by atoms with Crippen LogP contribution in [0, 0.1) is 0 Å². The summed E-state index contributed by atoms with van der Waals surface area (Å²) < 4.78 is 55.7. The Labute approximate surface area is 163 Å². The van der Waals surface area contributed by atoms with Gasteiger partial charge in [-0.2, -0.15) is 23.7 Å². The van der Waals surface area contributed by atoms with Gasteiger partial charge in [-0.3, -0.25) is 0 Å². The molecule has 0 atom stereocenters. The summed E-state index contributed by atoms with van der Waals surface area (Å²) in [6.07, 6.45) is -3.89. The highest BCUT2D eigenvalue weighted by atomic mass is 19.3. The Morgan fingerprint density at radius 3 is 2.31 bits per heavy atom. The molecule has 29 heavy (non-hydrogen) atoms. The van der Waals surface area contributed by atoms with E-state index in [4.69, 9.17) is 9.84 Å². The van der Waals surface area contributed by atoms with Gasteiger partial charge in [-0.05, 0) is 38.1 Å². The van der Waals surface area contributed by atoms with Crippen LogP contribution in [-0.4, -0.2) is 58.1 Å². The summed E-state index contributed by atoms with van der Waals surface area (Å²) in [5.74, 6) is -5.44. The molecule has 2 rings (SSSR count). The molecule has 0 saturated heterocycles. The van der Waals surface area contributed by atoms with Gasteiger partial charge in [0.25, 0.3) is 0 Å². The fourth-order valence-electron chi connectivity index (χ4n) is 2.16. The lowest BCUT2D eigenvalue weighted by molar-refractivity contribution is -0.149. The number of aromatic carboxylic acids is 1. The van der Waals surface area contributed by atoms with E-state index < -0.39 is 30.9 Å². The van der Waals surface area contributed by atoms with E-state index in [1.807, 2.05) is 13.8 Å². The van der Waals surface area contributed by atoms with E-state index in [1.165, 1.54) is 24.3 Å². The molecule has 8 nitrogen and oxygen atoms in total. The van der Waals surface area contributed by atoms with Gasteiger partial charge >= 0.3 is 24.3 Å². The average Bonchev–Trinajstić information content (AvgIpc) is 2.67. The monoisotopic (exact) mass is 417 g/mol. The maximum atomic E-state index is 13.2. The van der Waals surface area contributed by atoms with Gasteiger partial charge in [-0.1, -0.05) is 0 Å². The van der Waals surface area contributed by atoms with Crippen molar-refractivity contribution >= 4 is 23.6 Å². The molecule has 0 aliphatic rings. The molecular formula is C17H19F4N5O3. The third-order valence-electron chi connectivity index (χ3n) is 3.75. The van der Waals surface area contributed by atoms with Crippen molar-refractivity contribution in [1.29, 1.82) is 0 Å². The van der Waals surface area contributed by atoms with E-state index in [2.05, 4.69) is 20.3 Å². The van der Waals surface area contributed by atoms with Crippen molar-refractivity contribution in [3.8, 4) is 6.01 Å². The van der Waals surface area contributed by atoms with Crippen LogP contribution in [0.25, 0.3) is 0 Å². The first-order valence-corrected chi connectivity index (χ1v) is 8.56. The Balaban J connectivity index is 2.29. The first-order valence-electron chi connectivity index (χ1n) is 8.56. The Hall–Kier alpha value is -3.18. The number of benzene rings is 1. The second kappa shape index (κ2) is 9.34. The van der Waals surface area contributed by atoms with Crippen LogP contribution in [0.1, 0.15) is 24.2 Å². The smallest absolute Gasteiger partial charge is 0.340 e. The second-order valence-corrected chi connectivity index (χ2v) is 5.77. The first kappa shape index (κ1) is 22.1. The van der Waals surface area contributed by atoms with Crippen LogP contribution in [0.3, 0.4) is 0 Å². The number of alkyl halides is 4. The lowest BCUT2D eigenvalue weighted by Crippen LogP contribution is -2.34. The maximum absolute atomic E-state index is 13.2. The van der Waals surface area contributed by atoms with Crippen LogP contribution >= 0.6 is 0 Å². The maximum Gasteiger partial charge on any atom is 0.340 e. The van der Waals surface area contributed by atoms with Gasteiger partial charge in [-0.25, -0.2) is 13.6 Å². The normalized spacial score (nSPS) is 11.4. The van der Waals surface area contributed by atoms with E-state index in [-0.39, 0.29) is 17.5 Å². The van der Waals surface area contributed by atoms with Crippen molar-refractivity contribution in [3.63, 3.8) is 0 Å². The van der Waals surface area contributed by atoms with E-state index in [9.17, 15) is 22.4 Å². The molecule has 1 aromatic carbocycles. The first-order chi connectivity index (χ1) is 13.7. The second-order valence-electron chi connectivity index (χ2n) is 5.77. The summed E-state index contributed by atoms with van der Waals surface area (Å²) >= 11 is 0. The number of carbonyl (C=O) groups is 1. The van der Waals surface area contributed by atoms with Crippen LogP contribution in [0.15, 0.2) is 24.3 Å². The molecule has 0 unspecified atom stereocenters. The lowest BCUT2D eigenvalue weighted by Gasteiger charge is -2.20. The topological polar surface area (TPSA) is 100 Å². The van der Waals surface area contributed by atoms with Crippen molar-refractivity contribution in [3.05, 3.63) is 29.8 Å². The highest BCUT2D eigenvalue weighted by Gasteiger charge is 2.42. The predicted molar refractivity (Wildman–Crippen MR) is 96.5 cm³/mol. The molecule has 158 valence electrons. The van der Waals surface area contributed by atoms with Gasteiger partial charge in [0, 0.05) is 18.8 Å². The average molecular weight is 417 g/mol. The molecule has 1 heterocycles. The van der Waals surface area contributed by atoms with Gasteiger partial charge in [0.05, 0.1) is 5.56 Å². The quantitative estimate of drug-likeness (QED) is 0.567. The Morgan fingerprint density at radius 2 is 1.79 bits per heavy atom. The van der Waals surface area contributed by atoms with Crippen LogP contribution in [-0.2, 0) is 0 Å².